The van der Waals surface area contributed by atoms with E-state index in [0.717, 1.165) is 17.1 Å². The molecule has 0 aliphatic carbocycles. The van der Waals surface area contributed by atoms with E-state index in [1.807, 2.05) is 54.2 Å². The summed E-state index contributed by atoms with van der Waals surface area (Å²) in [6.07, 6.45) is 3.48. The molecule has 31 heavy (non-hydrogen) atoms. The number of carbonyl (C=O) groups is 1. The molecular weight excluding hydrogens is 392 g/mol. The maximum absolute atomic E-state index is 12.2. The normalized spacial score (nSPS) is 11.2. The Morgan fingerprint density at radius 3 is 2.48 bits per heavy atom. The number of amides is 1. The van der Waals surface area contributed by atoms with Crippen LogP contribution in [0.1, 0.15) is 33.4 Å². The van der Waals surface area contributed by atoms with Crippen LogP contribution in [0.5, 0.6) is 5.75 Å². The minimum atomic E-state index is -0.418. The molecule has 7 heteroatoms. The average molecular weight is 416 g/mol. The highest BCUT2D eigenvalue weighted by molar-refractivity contribution is 5.92. The largest absolute Gasteiger partial charge is 0.486 e. The van der Waals surface area contributed by atoms with Gasteiger partial charge in [0.05, 0.1) is 11.9 Å². The average Bonchev–Trinajstić information content (AvgIpc) is 3.48. The third-order valence-electron chi connectivity index (χ3n) is 4.98. The molecule has 0 spiro atoms. The Bertz CT molecular complexity index is 1190. The van der Waals surface area contributed by atoms with Gasteiger partial charge in [-0.2, -0.15) is 5.10 Å². The second kappa shape index (κ2) is 8.79. The predicted octanol–water partition coefficient (Wildman–Crippen LogP) is 4.37. The summed E-state index contributed by atoms with van der Waals surface area (Å²) in [6, 6.07) is 19.2. The lowest BCUT2D eigenvalue weighted by atomic mass is 10.3. The Morgan fingerprint density at radius 2 is 1.81 bits per heavy atom. The lowest BCUT2D eigenvalue weighted by molar-refractivity contribution is 0.0923. The molecule has 0 saturated carbocycles. The van der Waals surface area contributed by atoms with Gasteiger partial charge < -0.3 is 18.3 Å². The molecular formula is C24H24N4O3. The number of hydrogen-bond acceptors (Lipinski definition) is 4. The molecule has 158 valence electrons. The molecule has 0 aliphatic heterocycles. The fourth-order valence-electron chi connectivity index (χ4n) is 3.32. The van der Waals surface area contributed by atoms with Gasteiger partial charge in [-0.05, 0) is 74.5 Å². The van der Waals surface area contributed by atoms with Gasteiger partial charge in [0.1, 0.15) is 18.1 Å². The summed E-state index contributed by atoms with van der Waals surface area (Å²) in [6.45, 7) is 4.38. The van der Waals surface area contributed by atoms with Crippen molar-refractivity contribution >= 4 is 12.1 Å². The summed E-state index contributed by atoms with van der Waals surface area (Å²) in [5.74, 6) is 1.04. The first-order chi connectivity index (χ1) is 15.0. The number of benzene rings is 1. The van der Waals surface area contributed by atoms with Gasteiger partial charge in [0, 0.05) is 30.3 Å². The SMILES string of the molecule is Cc1ccc(C)n1-c1ccc(OCc2ccc(C(=O)NN=Cc3cccn3C)o2)cc1. The number of furan rings is 1. The smallest absolute Gasteiger partial charge is 0.307 e. The van der Waals surface area contributed by atoms with E-state index in [0.29, 0.717) is 5.76 Å². The predicted molar refractivity (Wildman–Crippen MR) is 119 cm³/mol. The van der Waals surface area contributed by atoms with E-state index in [1.54, 1.807) is 18.3 Å². The van der Waals surface area contributed by atoms with Crippen molar-refractivity contribution < 1.29 is 13.9 Å². The molecule has 0 atom stereocenters. The molecule has 1 amide bonds. The standard InChI is InChI=1S/C24H24N4O3/c1-17-6-7-18(2)28(17)19-8-10-21(11-9-19)30-16-22-12-13-23(31-22)24(29)26-25-15-20-5-4-14-27(20)3/h4-15H,16H2,1-3H3,(H,26,29). The maximum Gasteiger partial charge on any atom is 0.307 e. The van der Waals surface area contributed by atoms with Crippen LogP contribution in [0.4, 0.5) is 0 Å². The van der Waals surface area contributed by atoms with Crippen LogP contribution in [0.25, 0.3) is 5.69 Å². The lowest BCUT2D eigenvalue weighted by Gasteiger charge is -2.10. The van der Waals surface area contributed by atoms with Crippen LogP contribution in [-0.2, 0) is 13.7 Å². The van der Waals surface area contributed by atoms with Crippen molar-refractivity contribution in [3.05, 3.63) is 95.5 Å². The van der Waals surface area contributed by atoms with Crippen LogP contribution >= 0.6 is 0 Å². The number of aryl methyl sites for hydroxylation is 3. The molecule has 4 rings (SSSR count). The van der Waals surface area contributed by atoms with E-state index in [1.165, 1.54) is 11.4 Å². The number of hydrazone groups is 1. The zero-order chi connectivity index (χ0) is 21.8. The van der Waals surface area contributed by atoms with Crippen LogP contribution < -0.4 is 10.2 Å². The Labute approximate surface area is 180 Å². The molecule has 0 saturated heterocycles. The highest BCUT2D eigenvalue weighted by Crippen LogP contribution is 2.20. The summed E-state index contributed by atoms with van der Waals surface area (Å²) in [4.78, 5) is 12.2. The number of carbonyl (C=O) groups excluding carboxylic acids is 1. The molecule has 1 N–H and O–H groups in total. The Morgan fingerprint density at radius 1 is 1.06 bits per heavy atom. The topological polar surface area (TPSA) is 73.7 Å². The maximum atomic E-state index is 12.2. The van der Waals surface area contributed by atoms with Crippen molar-refractivity contribution in [1.82, 2.24) is 14.6 Å². The number of nitrogens with one attached hydrogen (secondary N) is 1. The summed E-state index contributed by atoms with van der Waals surface area (Å²) in [5, 5.41) is 3.96. The summed E-state index contributed by atoms with van der Waals surface area (Å²) in [7, 11) is 1.90. The van der Waals surface area contributed by atoms with Crippen LogP contribution in [0.2, 0.25) is 0 Å². The van der Waals surface area contributed by atoms with Crippen molar-refractivity contribution in [2.75, 3.05) is 0 Å². The van der Waals surface area contributed by atoms with Crippen molar-refractivity contribution in [2.24, 2.45) is 12.1 Å². The molecule has 3 heterocycles. The van der Waals surface area contributed by atoms with Gasteiger partial charge in [0.15, 0.2) is 5.76 Å². The second-order valence-corrected chi connectivity index (χ2v) is 7.24. The van der Waals surface area contributed by atoms with E-state index in [-0.39, 0.29) is 12.4 Å². The minimum absolute atomic E-state index is 0.177. The Kier molecular flexibility index (Phi) is 5.75. The van der Waals surface area contributed by atoms with Gasteiger partial charge in [-0.1, -0.05) is 0 Å². The van der Waals surface area contributed by atoms with Gasteiger partial charge in [0.25, 0.3) is 0 Å². The van der Waals surface area contributed by atoms with Crippen LogP contribution in [-0.4, -0.2) is 21.3 Å². The number of rotatable bonds is 7. The quantitative estimate of drug-likeness (QED) is 0.359. The first-order valence-corrected chi connectivity index (χ1v) is 9.93. The van der Waals surface area contributed by atoms with E-state index >= 15 is 0 Å². The monoisotopic (exact) mass is 416 g/mol. The molecule has 3 aromatic heterocycles. The molecule has 1 aromatic carbocycles. The lowest BCUT2D eigenvalue weighted by Crippen LogP contribution is -2.17. The fourth-order valence-corrected chi connectivity index (χ4v) is 3.32. The first-order valence-electron chi connectivity index (χ1n) is 9.93. The third-order valence-corrected chi connectivity index (χ3v) is 4.98. The Hall–Kier alpha value is -4.00. The van der Waals surface area contributed by atoms with Gasteiger partial charge >= 0.3 is 5.91 Å². The highest BCUT2D eigenvalue weighted by Gasteiger charge is 2.11. The number of ether oxygens (including phenoxy) is 1. The van der Waals surface area contributed by atoms with Gasteiger partial charge in [-0.3, -0.25) is 4.79 Å². The van der Waals surface area contributed by atoms with E-state index in [2.05, 4.69) is 41.1 Å². The summed E-state index contributed by atoms with van der Waals surface area (Å²) >= 11 is 0. The van der Waals surface area contributed by atoms with Crippen molar-refractivity contribution in [3.63, 3.8) is 0 Å². The molecule has 0 unspecified atom stereocenters. The third kappa shape index (κ3) is 4.61. The molecule has 4 aromatic rings. The van der Waals surface area contributed by atoms with Gasteiger partial charge in [0.2, 0.25) is 0 Å². The van der Waals surface area contributed by atoms with Crippen molar-refractivity contribution in [3.8, 4) is 11.4 Å². The number of hydrogen-bond donors (Lipinski definition) is 1. The minimum Gasteiger partial charge on any atom is -0.486 e. The van der Waals surface area contributed by atoms with E-state index < -0.39 is 5.91 Å². The van der Waals surface area contributed by atoms with Crippen molar-refractivity contribution in [2.45, 2.75) is 20.5 Å². The van der Waals surface area contributed by atoms with E-state index in [9.17, 15) is 4.79 Å². The molecule has 0 fully saturated rings. The van der Waals surface area contributed by atoms with E-state index in [4.69, 9.17) is 9.15 Å². The molecule has 0 bridgehead atoms. The Balaban J connectivity index is 1.32. The van der Waals surface area contributed by atoms with Gasteiger partial charge in [-0.15, -0.1) is 0 Å². The molecule has 0 radical (unpaired) electrons. The number of aromatic nitrogens is 2. The van der Waals surface area contributed by atoms with Crippen LogP contribution in [0.3, 0.4) is 0 Å². The molecule has 0 aliphatic rings. The summed E-state index contributed by atoms with van der Waals surface area (Å²) < 4.78 is 15.4. The zero-order valence-electron chi connectivity index (χ0n) is 17.7. The van der Waals surface area contributed by atoms with Gasteiger partial charge in [-0.25, -0.2) is 5.43 Å². The fraction of sp³-hybridized carbons (Fsp3) is 0.167. The molecule has 7 nitrogen and oxygen atoms in total. The number of nitrogens with zero attached hydrogens (tertiary/aromatic N) is 3. The van der Waals surface area contributed by atoms with Crippen LogP contribution in [0, 0.1) is 13.8 Å². The summed E-state index contributed by atoms with van der Waals surface area (Å²) in [5.41, 5.74) is 6.78. The van der Waals surface area contributed by atoms with Crippen LogP contribution in [0.15, 0.2) is 76.4 Å². The first kappa shape index (κ1) is 20.3. The second-order valence-electron chi connectivity index (χ2n) is 7.24. The zero-order valence-corrected chi connectivity index (χ0v) is 17.7. The van der Waals surface area contributed by atoms with Crippen molar-refractivity contribution in [1.29, 1.82) is 0 Å². The highest BCUT2D eigenvalue weighted by atomic mass is 16.5.